The van der Waals surface area contributed by atoms with Crippen molar-refractivity contribution >= 4 is 35.2 Å². The van der Waals surface area contributed by atoms with Crippen LogP contribution in [0.3, 0.4) is 0 Å². The Morgan fingerprint density at radius 2 is 1.91 bits per heavy atom. The third kappa shape index (κ3) is 4.76. The van der Waals surface area contributed by atoms with Gasteiger partial charge in [0, 0.05) is 0 Å². The Bertz CT molecular complexity index is 158. The summed E-state index contributed by atoms with van der Waals surface area (Å²) in [5.74, 6) is -2.76. The third-order valence-electron chi connectivity index (χ3n) is 0.565. The lowest BCUT2D eigenvalue weighted by Crippen LogP contribution is -2.28. The van der Waals surface area contributed by atoms with Crippen molar-refractivity contribution in [2.24, 2.45) is 0 Å². The molecule has 0 aromatic rings. The summed E-state index contributed by atoms with van der Waals surface area (Å²) in [5.41, 5.74) is -0.164. The molecule has 0 aromatic carbocycles. The van der Waals surface area contributed by atoms with Crippen LogP contribution >= 0.6 is 15.9 Å². The highest BCUT2D eigenvalue weighted by Gasteiger charge is 2.23. The van der Waals surface area contributed by atoms with E-state index in [9.17, 15) is 9.59 Å². The number of hydrogen-bond donors (Lipinski definition) is 2. The number of carbonyl (C=O) groups is 2. The molecule has 0 atom stereocenters. The van der Waals surface area contributed by atoms with E-state index in [-0.39, 0.29) is 5.52 Å². The molecule has 11 heavy (non-hydrogen) atoms. The quantitative estimate of drug-likeness (QED) is 0.255. The molecule has 62 valence electrons. The minimum Gasteiger partial charge on any atom is -0.476 e. The number of halogens is 1. The summed E-state index contributed by atoms with van der Waals surface area (Å²) in [6.07, 6.45) is 0. The van der Waals surface area contributed by atoms with E-state index < -0.39 is 19.3 Å². The van der Waals surface area contributed by atoms with Gasteiger partial charge >= 0.3 is 19.3 Å². The summed E-state index contributed by atoms with van der Waals surface area (Å²) in [6, 6.07) is 0. The molecule has 0 radical (unpaired) electrons. The van der Waals surface area contributed by atoms with Gasteiger partial charge in [0.1, 0.15) is 5.52 Å². The van der Waals surface area contributed by atoms with Crippen molar-refractivity contribution in [2.75, 3.05) is 5.52 Å². The van der Waals surface area contributed by atoms with Gasteiger partial charge < -0.3 is 19.4 Å². The van der Waals surface area contributed by atoms with Crippen LogP contribution < -0.4 is 0 Å². The van der Waals surface area contributed by atoms with Crippen LogP contribution in [0.25, 0.3) is 0 Å². The fourth-order valence-electron chi connectivity index (χ4n) is 0.252. The topological polar surface area (TPSA) is 93.1 Å². The van der Waals surface area contributed by atoms with Crippen LogP contribution in [0.1, 0.15) is 0 Å². The van der Waals surface area contributed by atoms with E-state index in [0.29, 0.717) is 0 Å². The molecule has 8 heteroatoms. The Hall–Kier alpha value is -0.595. The number of esters is 1. The highest BCUT2D eigenvalue weighted by Crippen LogP contribution is 1.88. The van der Waals surface area contributed by atoms with E-state index in [1.54, 1.807) is 0 Å². The van der Waals surface area contributed by atoms with Gasteiger partial charge in [-0.2, -0.15) is 0 Å². The largest absolute Gasteiger partial charge is 0.709 e. The molecule has 6 nitrogen and oxygen atoms in total. The van der Waals surface area contributed by atoms with Crippen LogP contribution in [0.4, 0.5) is 0 Å². The van der Waals surface area contributed by atoms with Crippen molar-refractivity contribution in [3.8, 4) is 0 Å². The smallest absolute Gasteiger partial charge is 0.476 e. The number of ether oxygens (including phenoxy) is 1. The molecule has 0 bridgehead atoms. The molecule has 0 aromatic heterocycles. The van der Waals surface area contributed by atoms with E-state index in [1.807, 2.05) is 0 Å². The first-order valence-corrected chi connectivity index (χ1v) is 3.50. The summed E-state index contributed by atoms with van der Waals surface area (Å²) in [5, 5.41) is 16.1. The second kappa shape index (κ2) is 5.11. The molecule has 0 fully saturated rings. The van der Waals surface area contributed by atoms with Crippen LogP contribution in [0.2, 0.25) is 0 Å². The van der Waals surface area contributed by atoms with Gasteiger partial charge in [-0.05, 0) is 15.9 Å². The van der Waals surface area contributed by atoms with Gasteiger partial charge in [-0.3, -0.25) is 0 Å². The highest BCUT2D eigenvalue weighted by atomic mass is 79.9. The highest BCUT2D eigenvalue weighted by molar-refractivity contribution is 9.09. The van der Waals surface area contributed by atoms with Crippen LogP contribution in [0.15, 0.2) is 0 Å². The maximum atomic E-state index is 10.3. The maximum Gasteiger partial charge on any atom is 0.709 e. The van der Waals surface area contributed by atoms with Gasteiger partial charge in [0.05, 0.1) is 0 Å². The fraction of sp³-hybridized carbons (Fsp3) is 0.333. The summed E-state index contributed by atoms with van der Waals surface area (Å²) in [6.45, 7) is 0. The van der Waals surface area contributed by atoms with Gasteiger partial charge in [0.2, 0.25) is 0 Å². The summed E-state index contributed by atoms with van der Waals surface area (Å²) in [7, 11) is -2.30. The van der Waals surface area contributed by atoms with E-state index >= 15 is 0 Å². The number of alkyl halides is 1. The van der Waals surface area contributed by atoms with Gasteiger partial charge in [-0.1, -0.05) is 0 Å². The van der Waals surface area contributed by atoms with Crippen molar-refractivity contribution in [2.45, 2.75) is 0 Å². The van der Waals surface area contributed by atoms with Crippen LogP contribution in [0.5, 0.6) is 0 Å². The average Bonchev–Trinajstić information content (AvgIpc) is 1.86. The summed E-state index contributed by atoms with van der Waals surface area (Å²) in [4.78, 5) is 20.6. The maximum absolute atomic E-state index is 10.3. The van der Waals surface area contributed by atoms with Crippen molar-refractivity contribution in [1.82, 2.24) is 0 Å². The Morgan fingerprint density at radius 1 is 1.36 bits per heavy atom. The van der Waals surface area contributed by atoms with Crippen molar-refractivity contribution in [3.63, 3.8) is 0 Å². The molecule has 0 spiro atoms. The van der Waals surface area contributed by atoms with E-state index in [1.165, 1.54) is 0 Å². The van der Waals surface area contributed by atoms with E-state index in [4.69, 9.17) is 10.0 Å². The zero-order chi connectivity index (χ0) is 8.85. The molecule has 0 rings (SSSR count). The molecule has 0 aliphatic rings. The zero-order valence-electron chi connectivity index (χ0n) is 5.19. The molecule has 0 saturated heterocycles. The van der Waals surface area contributed by atoms with Crippen LogP contribution in [0, 0.1) is 0 Å². The average molecular weight is 227 g/mol. The van der Waals surface area contributed by atoms with Gasteiger partial charge in [-0.25, -0.2) is 9.59 Å². The van der Waals surface area contributed by atoms with Gasteiger partial charge in [-0.15, -0.1) is 0 Å². The lowest BCUT2D eigenvalue weighted by atomic mass is 10.3. The van der Waals surface area contributed by atoms with Gasteiger partial charge in [0.25, 0.3) is 0 Å². The standard InChI is InChI=1S/C3H4BBrO6/c5-1-10-2(6)3(7)11-4(8)9/h8-9H,1H2. The first-order chi connectivity index (χ1) is 5.07. The number of rotatable bonds is 2. The molecule has 2 N–H and O–H groups in total. The van der Waals surface area contributed by atoms with Crippen molar-refractivity contribution in [1.29, 1.82) is 0 Å². The van der Waals surface area contributed by atoms with Gasteiger partial charge in [0.15, 0.2) is 0 Å². The second-order valence-corrected chi connectivity index (χ2v) is 1.73. The fourth-order valence-corrected chi connectivity index (χ4v) is 0.460. The molecule has 0 heterocycles. The molecule has 0 amide bonds. The summed E-state index contributed by atoms with van der Waals surface area (Å²) < 4.78 is 7.73. The first kappa shape index (κ1) is 10.4. The Labute approximate surface area is 70.4 Å². The van der Waals surface area contributed by atoms with E-state index in [0.717, 1.165) is 0 Å². The number of hydrogen-bond acceptors (Lipinski definition) is 6. The van der Waals surface area contributed by atoms with Crippen LogP contribution in [-0.4, -0.2) is 34.8 Å². The van der Waals surface area contributed by atoms with Crippen LogP contribution in [-0.2, 0) is 19.0 Å². The normalized spacial score (nSPS) is 8.64. The Balaban J connectivity index is 3.74. The molecule has 0 unspecified atom stereocenters. The summed E-state index contributed by atoms with van der Waals surface area (Å²) >= 11 is 2.71. The molecular weight excluding hydrogens is 223 g/mol. The molecular formula is C3H4BBrO6. The SMILES string of the molecule is O=C(OCBr)C(=O)OB(O)O. The molecule has 0 aliphatic heterocycles. The number of carbonyl (C=O) groups excluding carboxylic acids is 2. The van der Waals surface area contributed by atoms with Crippen molar-refractivity contribution in [3.05, 3.63) is 0 Å². The van der Waals surface area contributed by atoms with E-state index in [2.05, 4.69) is 25.3 Å². The minimum atomic E-state index is -2.30. The monoisotopic (exact) mass is 226 g/mol. The molecule has 0 aliphatic carbocycles. The van der Waals surface area contributed by atoms with Crippen molar-refractivity contribution < 1.29 is 29.0 Å². The second-order valence-electron chi connectivity index (χ2n) is 1.27. The lowest BCUT2D eigenvalue weighted by Gasteiger charge is -2.00. The lowest BCUT2D eigenvalue weighted by molar-refractivity contribution is -0.162. The minimum absolute atomic E-state index is 0.164. The Morgan fingerprint density at radius 3 is 2.27 bits per heavy atom. The first-order valence-electron chi connectivity index (χ1n) is 2.37. The predicted octanol–water partition coefficient (Wildman–Crippen LogP) is -1.61. The Kier molecular flexibility index (Phi) is 4.83. The third-order valence-corrected chi connectivity index (χ3v) is 0.794. The predicted molar refractivity (Wildman–Crippen MR) is 36.2 cm³/mol. The molecule has 0 saturated carbocycles. The zero-order valence-corrected chi connectivity index (χ0v) is 6.78.